The third kappa shape index (κ3) is 2.86. The van der Waals surface area contributed by atoms with E-state index in [9.17, 15) is 22.4 Å². The molecule has 5 nitrogen and oxygen atoms in total. The van der Waals surface area contributed by atoms with Crippen molar-refractivity contribution in [3.63, 3.8) is 0 Å². The molecule has 1 aromatic heterocycles. The Kier molecular flexibility index (Phi) is 3.61. The highest BCUT2D eigenvalue weighted by Gasteiger charge is 2.45. The van der Waals surface area contributed by atoms with Gasteiger partial charge in [-0.05, 0) is 12.8 Å². The molecule has 1 aliphatic carbocycles. The third-order valence-corrected chi connectivity index (χ3v) is 3.15. The van der Waals surface area contributed by atoms with E-state index in [1.54, 1.807) is 0 Å². The highest BCUT2D eigenvalue weighted by Crippen LogP contribution is 2.43. The Morgan fingerprint density at radius 3 is 2.60 bits per heavy atom. The van der Waals surface area contributed by atoms with Crippen LogP contribution in [-0.4, -0.2) is 33.4 Å². The summed E-state index contributed by atoms with van der Waals surface area (Å²) in [4.78, 5) is 11.1. The first-order valence-corrected chi connectivity index (χ1v) is 5.83. The van der Waals surface area contributed by atoms with Crippen LogP contribution in [0.2, 0.25) is 0 Å². The van der Waals surface area contributed by atoms with Gasteiger partial charge >= 0.3 is 12.6 Å². The smallest absolute Gasteiger partial charge is 0.388 e. The predicted molar refractivity (Wildman–Crippen MR) is 58.2 cm³/mol. The minimum Gasteiger partial charge on any atom is -0.477 e. The van der Waals surface area contributed by atoms with E-state index >= 15 is 0 Å². The molecule has 112 valence electrons. The van der Waals surface area contributed by atoms with E-state index in [0.29, 0.717) is 0 Å². The average molecular weight is 296 g/mol. The van der Waals surface area contributed by atoms with Gasteiger partial charge < -0.3 is 9.84 Å². The molecule has 1 fully saturated rings. The Hall–Kier alpha value is -1.80. The summed E-state index contributed by atoms with van der Waals surface area (Å²) in [7, 11) is 0. The Morgan fingerprint density at radius 1 is 1.55 bits per heavy atom. The molecule has 1 N–H and O–H groups in total. The van der Waals surface area contributed by atoms with Gasteiger partial charge in [0.1, 0.15) is 0 Å². The van der Waals surface area contributed by atoms with Crippen molar-refractivity contribution in [3.8, 4) is 5.88 Å². The zero-order chi connectivity index (χ0) is 15.1. The summed E-state index contributed by atoms with van der Waals surface area (Å²) < 4.78 is 54.9. The summed E-state index contributed by atoms with van der Waals surface area (Å²) in [6.07, 6.45) is -0.730. The second-order valence-corrected chi connectivity index (χ2v) is 4.77. The number of carbonyl (C=O) groups is 1. The number of aromatic carboxylic acids is 1. The predicted octanol–water partition coefficient (Wildman–Crippen LogP) is 2.54. The number of nitrogens with zero attached hydrogens (tertiary/aromatic N) is 2. The van der Waals surface area contributed by atoms with Crippen molar-refractivity contribution in [2.45, 2.75) is 38.8 Å². The van der Waals surface area contributed by atoms with Gasteiger partial charge in [-0.15, -0.1) is 5.10 Å². The number of alkyl halides is 4. The molecule has 9 heteroatoms. The largest absolute Gasteiger partial charge is 0.477 e. The lowest BCUT2D eigenvalue weighted by Crippen LogP contribution is -2.38. The number of carboxylic acid groups (broad SMARTS) is 1. The van der Waals surface area contributed by atoms with E-state index in [0.717, 1.165) is 4.68 Å². The minimum absolute atomic E-state index is 0.0520. The normalized spacial score (nSPS) is 18.1. The fourth-order valence-electron chi connectivity index (χ4n) is 2.29. The fraction of sp³-hybridized carbons (Fsp3) is 0.636. The highest BCUT2D eigenvalue weighted by molar-refractivity contribution is 5.88. The van der Waals surface area contributed by atoms with Crippen LogP contribution in [0, 0.1) is 12.8 Å². The zero-order valence-electron chi connectivity index (χ0n) is 10.4. The number of carboxylic acids is 1. The van der Waals surface area contributed by atoms with Crippen LogP contribution in [0.4, 0.5) is 17.6 Å². The first-order valence-electron chi connectivity index (χ1n) is 5.83. The number of hydrogen-bond acceptors (Lipinski definition) is 3. The first-order chi connectivity index (χ1) is 9.19. The Balaban J connectivity index is 2.21. The van der Waals surface area contributed by atoms with Gasteiger partial charge in [-0.2, -0.15) is 8.78 Å². The van der Waals surface area contributed by atoms with Gasteiger partial charge in [0.05, 0.1) is 0 Å². The van der Waals surface area contributed by atoms with Crippen molar-refractivity contribution in [1.82, 2.24) is 9.78 Å². The van der Waals surface area contributed by atoms with E-state index in [1.807, 2.05) is 0 Å². The molecule has 0 unspecified atom stereocenters. The summed E-state index contributed by atoms with van der Waals surface area (Å²) in [5, 5.41) is 12.7. The monoisotopic (exact) mass is 296 g/mol. The molecule has 1 saturated carbocycles. The molecule has 1 aliphatic rings. The molecule has 0 spiro atoms. The van der Waals surface area contributed by atoms with Crippen LogP contribution < -0.4 is 4.74 Å². The highest BCUT2D eigenvalue weighted by atomic mass is 19.3. The molecule has 20 heavy (non-hydrogen) atoms. The van der Waals surface area contributed by atoms with Crippen molar-refractivity contribution in [2.24, 2.45) is 5.92 Å². The maximum absolute atomic E-state index is 12.7. The van der Waals surface area contributed by atoms with E-state index in [4.69, 9.17) is 5.11 Å². The molecule has 0 aromatic carbocycles. The first kappa shape index (κ1) is 14.6. The second-order valence-electron chi connectivity index (χ2n) is 4.77. The molecule has 0 atom stereocenters. The van der Waals surface area contributed by atoms with E-state index < -0.39 is 30.3 Å². The molecular formula is C11H12F4N2O3. The molecule has 0 aliphatic heterocycles. The summed E-state index contributed by atoms with van der Waals surface area (Å²) in [5.41, 5.74) is -0.375. The SMILES string of the molecule is Cc1c(OC(F)F)nn(CC2CC(F)(F)C2)c1C(=O)O. The van der Waals surface area contributed by atoms with Gasteiger partial charge in [-0.3, -0.25) is 4.68 Å². The van der Waals surface area contributed by atoms with Gasteiger partial charge in [0.15, 0.2) is 5.69 Å². The molecule has 0 bridgehead atoms. The van der Waals surface area contributed by atoms with E-state index in [2.05, 4.69) is 9.84 Å². The van der Waals surface area contributed by atoms with Gasteiger partial charge in [0, 0.05) is 24.9 Å². The number of ether oxygens (including phenoxy) is 1. The lowest BCUT2D eigenvalue weighted by atomic mass is 9.81. The molecule has 0 amide bonds. The number of halogens is 4. The topological polar surface area (TPSA) is 64.4 Å². The van der Waals surface area contributed by atoms with Gasteiger partial charge in [-0.1, -0.05) is 0 Å². The van der Waals surface area contributed by atoms with Crippen LogP contribution in [0.15, 0.2) is 0 Å². The summed E-state index contributed by atoms with van der Waals surface area (Å²) in [5.74, 6) is -5.03. The lowest BCUT2D eigenvalue weighted by molar-refractivity contribution is -0.114. The molecule has 1 heterocycles. The molecule has 0 radical (unpaired) electrons. The van der Waals surface area contributed by atoms with Crippen molar-refractivity contribution in [1.29, 1.82) is 0 Å². The quantitative estimate of drug-likeness (QED) is 0.848. The lowest BCUT2D eigenvalue weighted by Gasteiger charge is -2.34. The van der Waals surface area contributed by atoms with Crippen LogP contribution in [0.1, 0.15) is 28.9 Å². The zero-order valence-corrected chi connectivity index (χ0v) is 10.4. The van der Waals surface area contributed by atoms with Crippen LogP contribution in [0.25, 0.3) is 0 Å². The number of aromatic nitrogens is 2. The Labute approximate surface area is 111 Å². The number of hydrogen-bond donors (Lipinski definition) is 1. The molecule has 0 saturated heterocycles. The van der Waals surface area contributed by atoms with Gasteiger partial charge in [0.25, 0.3) is 0 Å². The maximum atomic E-state index is 12.7. The van der Waals surface area contributed by atoms with Crippen molar-refractivity contribution in [3.05, 3.63) is 11.3 Å². The maximum Gasteiger partial charge on any atom is 0.388 e. The van der Waals surface area contributed by atoms with Crippen LogP contribution in [-0.2, 0) is 6.54 Å². The average Bonchev–Trinajstić information content (AvgIpc) is 2.51. The van der Waals surface area contributed by atoms with Crippen molar-refractivity contribution >= 4 is 5.97 Å². The van der Waals surface area contributed by atoms with Crippen LogP contribution in [0.3, 0.4) is 0 Å². The second kappa shape index (κ2) is 4.95. The standard InChI is InChI=1S/C11H12F4N2O3/c1-5-7(9(18)19)17(16-8(5)20-10(12)13)4-6-2-11(14,15)3-6/h6,10H,2-4H2,1H3,(H,18,19). The fourth-order valence-corrected chi connectivity index (χ4v) is 2.29. The molecular weight excluding hydrogens is 284 g/mol. The van der Waals surface area contributed by atoms with E-state index in [1.165, 1.54) is 6.92 Å². The third-order valence-electron chi connectivity index (χ3n) is 3.15. The minimum atomic E-state index is -3.13. The molecule has 1 aromatic rings. The Morgan fingerprint density at radius 2 is 2.15 bits per heavy atom. The van der Waals surface area contributed by atoms with Crippen molar-refractivity contribution < 1.29 is 32.2 Å². The van der Waals surface area contributed by atoms with Gasteiger partial charge in [0.2, 0.25) is 11.8 Å². The summed E-state index contributed by atoms with van der Waals surface area (Å²) in [6.45, 7) is -1.92. The van der Waals surface area contributed by atoms with Gasteiger partial charge in [-0.25, -0.2) is 13.6 Å². The van der Waals surface area contributed by atoms with Crippen LogP contribution >= 0.6 is 0 Å². The molecule has 2 rings (SSSR count). The van der Waals surface area contributed by atoms with Crippen molar-refractivity contribution in [2.75, 3.05) is 0 Å². The summed E-state index contributed by atoms with van der Waals surface area (Å²) in [6, 6.07) is 0. The van der Waals surface area contributed by atoms with Crippen LogP contribution in [0.5, 0.6) is 5.88 Å². The Bertz CT molecular complexity index is 522. The summed E-state index contributed by atoms with van der Waals surface area (Å²) >= 11 is 0. The van der Waals surface area contributed by atoms with E-state index in [-0.39, 0.29) is 30.6 Å². The number of rotatable bonds is 5.